The topological polar surface area (TPSA) is 110 Å². The summed E-state index contributed by atoms with van der Waals surface area (Å²) in [5, 5.41) is 4.86. The van der Waals surface area contributed by atoms with Crippen molar-refractivity contribution in [1.29, 1.82) is 0 Å². The van der Waals surface area contributed by atoms with Gasteiger partial charge in [0.25, 0.3) is 21.5 Å². The molecule has 34 heavy (non-hydrogen) atoms. The molecule has 0 fully saturated rings. The maximum Gasteiger partial charge on any atom is 0.287 e. The number of carbonyl (C=O) groups is 1. The van der Waals surface area contributed by atoms with Crippen molar-refractivity contribution >= 4 is 49.9 Å². The summed E-state index contributed by atoms with van der Waals surface area (Å²) in [6, 6.07) is 15.7. The van der Waals surface area contributed by atoms with Gasteiger partial charge in [-0.05, 0) is 61.4 Å². The molecule has 0 atom stereocenters. The van der Waals surface area contributed by atoms with Gasteiger partial charge in [-0.2, -0.15) is 9.78 Å². The monoisotopic (exact) mass is 516 g/mol. The van der Waals surface area contributed by atoms with Crippen LogP contribution >= 0.6 is 23.2 Å². The first kappa shape index (κ1) is 23.9. The zero-order valence-corrected chi connectivity index (χ0v) is 20.3. The lowest BCUT2D eigenvalue weighted by Crippen LogP contribution is -2.42. The van der Waals surface area contributed by atoms with E-state index in [4.69, 9.17) is 23.2 Å². The molecule has 0 spiro atoms. The van der Waals surface area contributed by atoms with E-state index in [1.165, 1.54) is 12.1 Å². The molecule has 4 aromatic rings. The number of carbonyl (C=O) groups excluding carboxylic acids is 1. The highest BCUT2D eigenvalue weighted by Crippen LogP contribution is 2.24. The van der Waals surface area contributed by atoms with Crippen molar-refractivity contribution in [2.75, 3.05) is 0 Å². The van der Waals surface area contributed by atoms with Gasteiger partial charge in [0.05, 0.1) is 16.1 Å². The number of rotatable bonds is 5. The fourth-order valence-electron chi connectivity index (χ4n) is 3.30. The van der Waals surface area contributed by atoms with Gasteiger partial charge in [-0.25, -0.2) is 8.42 Å². The molecule has 8 nitrogen and oxygen atoms in total. The molecular formula is C23H18Cl2N4O4S. The molecular weight excluding hydrogens is 499 g/mol. The number of nitrogens with zero attached hydrogens (tertiary/aromatic N) is 2. The van der Waals surface area contributed by atoms with Gasteiger partial charge in [0, 0.05) is 10.4 Å². The lowest BCUT2D eigenvalue weighted by Gasteiger charge is -2.13. The molecule has 4 rings (SSSR count). The van der Waals surface area contributed by atoms with E-state index in [2.05, 4.69) is 10.5 Å². The molecule has 0 bridgehead atoms. The van der Waals surface area contributed by atoms with Crippen molar-refractivity contribution < 1.29 is 13.2 Å². The minimum atomic E-state index is -4.25. The summed E-state index contributed by atoms with van der Waals surface area (Å²) in [6.07, 6.45) is 0. The van der Waals surface area contributed by atoms with Crippen LogP contribution < -0.4 is 15.8 Å². The summed E-state index contributed by atoms with van der Waals surface area (Å²) in [4.78, 5) is 27.8. The molecule has 0 saturated heterocycles. The first-order valence-corrected chi connectivity index (χ1v) is 12.2. The van der Waals surface area contributed by atoms with E-state index >= 15 is 0 Å². The summed E-state index contributed by atoms with van der Waals surface area (Å²) in [5.74, 6) is -0.865. The molecule has 11 heteroatoms. The fourth-order valence-corrected chi connectivity index (χ4v) is 4.90. The van der Waals surface area contributed by atoms with Gasteiger partial charge in [-0.15, -0.1) is 4.83 Å². The predicted molar refractivity (Wildman–Crippen MR) is 131 cm³/mol. The first-order valence-electron chi connectivity index (χ1n) is 9.95. The molecule has 0 aliphatic carbocycles. The number of fused-ring (bicyclic) bond motifs is 1. The lowest BCUT2D eigenvalue weighted by molar-refractivity contribution is 0.0940. The Kier molecular flexibility index (Phi) is 6.46. The standard InChI is InChI=1S/C23H18Cl2N4O4S/c1-13-7-9-16(11-14(13)2)29-23(31)18-6-4-3-5-17(18)21(27-29)22(30)26-28-34(32,33)20-12-15(24)8-10-19(20)25/h3-12,28H,1-2H3,(H,26,30). The molecule has 3 aromatic carbocycles. The highest BCUT2D eigenvalue weighted by molar-refractivity contribution is 7.89. The van der Waals surface area contributed by atoms with Crippen LogP contribution in [0.3, 0.4) is 0 Å². The van der Waals surface area contributed by atoms with Crippen LogP contribution in [-0.4, -0.2) is 24.1 Å². The molecule has 174 valence electrons. The quantitative estimate of drug-likeness (QED) is 0.390. The number of hydrogen-bond acceptors (Lipinski definition) is 5. The number of benzene rings is 3. The molecule has 0 saturated carbocycles. The van der Waals surface area contributed by atoms with E-state index in [0.717, 1.165) is 21.9 Å². The Hall–Kier alpha value is -3.24. The van der Waals surface area contributed by atoms with Crippen molar-refractivity contribution in [2.45, 2.75) is 18.7 Å². The Bertz CT molecular complexity index is 1620. The zero-order chi connectivity index (χ0) is 24.6. The maximum atomic E-state index is 13.1. The first-order chi connectivity index (χ1) is 16.1. The Morgan fingerprint density at radius 2 is 1.65 bits per heavy atom. The molecule has 1 heterocycles. The van der Waals surface area contributed by atoms with Gasteiger partial charge in [0.15, 0.2) is 5.69 Å². The van der Waals surface area contributed by atoms with Crippen LogP contribution in [0.4, 0.5) is 0 Å². The highest BCUT2D eigenvalue weighted by Gasteiger charge is 2.22. The van der Waals surface area contributed by atoms with Crippen molar-refractivity contribution in [1.82, 2.24) is 20.0 Å². The van der Waals surface area contributed by atoms with Crippen LogP contribution in [-0.2, 0) is 10.0 Å². The van der Waals surface area contributed by atoms with E-state index in [1.807, 2.05) is 24.7 Å². The van der Waals surface area contributed by atoms with Crippen LogP contribution in [0.25, 0.3) is 16.5 Å². The second-order valence-electron chi connectivity index (χ2n) is 7.51. The molecule has 0 aliphatic heterocycles. The van der Waals surface area contributed by atoms with E-state index in [1.54, 1.807) is 36.4 Å². The van der Waals surface area contributed by atoms with Gasteiger partial charge < -0.3 is 0 Å². The number of amides is 1. The number of aryl methyl sites for hydroxylation is 2. The number of aromatic nitrogens is 2. The summed E-state index contributed by atoms with van der Waals surface area (Å²) >= 11 is 11.9. The third kappa shape index (κ3) is 4.55. The maximum absolute atomic E-state index is 13.1. The Labute approximate surface area is 205 Å². The smallest absolute Gasteiger partial charge is 0.272 e. The Morgan fingerprint density at radius 1 is 0.941 bits per heavy atom. The van der Waals surface area contributed by atoms with E-state index in [0.29, 0.717) is 5.69 Å². The second-order valence-corrected chi connectivity index (χ2v) is 10.0. The van der Waals surface area contributed by atoms with Gasteiger partial charge in [0.1, 0.15) is 4.90 Å². The normalized spacial score (nSPS) is 11.5. The molecule has 0 radical (unpaired) electrons. The van der Waals surface area contributed by atoms with E-state index < -0.39 is 21.5 Å². The highest BCUT2D eigenvalue weighted by atomic mass is 35.5. The minimum Gasteiger partial charge on any atom is -0.272 e. The van der Waals surface area contributed by atoms with Crippen LogP contribution in [0, 0.1) is 13.8 Å². The fraction of sp³-hybridized carbons (Fsp3) is 0.0870. The summed E-state index contributed by atoms with van der Waals surface area (Å²) < 4.78 is 26.5. The lowest BCUT2D eigenvalue weighted by atomic mass is 10.1. The molecule has 2 N–H and O–H groups in total. The van der Waals surface area contributed by atoms with Gasteiger partial charge in [-0.3, -0.25) is 15.0 Å². The summed E-state index contributed by atoms with van der Waals surface area (Å²) in [6.45, 7) is 3.83. The summed E-state index contributed by atoms with van der Waals surface area (Å²) in [5.41, 5.74) is 4.02. The van der Waals surface area contributed by atoms with E-state index in [9.17, 15) is 18.0 Å². The van der Waals surface area contributed by atoms with Crippen LogP contribution in [0.1, 0.15) is 21.6 Å². The number of hydrazine groups is 1. The van der Waals surface area contributed by atoms with Gasteiger partial charge in [0.2, 0.25) is 0 Å². The van der Waals surface area contributed by atoms with Crippen molar-refractivity contribution in [3.8, 4) is 5.69 Å². The van der Waals surface area contributed by atoms with Crippen LogP contribution in [0.5, 0.6) is 0 Å². The van der Waals surface area contributed by atoms with Crippen LogP contribution in [0.2, 0.25) is 10.0 Å². The minimum absolute atomic E-state index is 0.0713. The van der Waals surface area contributed by atoms with Crippen LogP contribution in [0.15, 0.2) is 70.4 Å². The summed E-state index contributed by atoms with van der Waals surface area (Å²) in [7, 11) is -4.25. The largest absolute Gasteiger partial charge is 0.287 e. The molecule has 1 aromatic heterocycles. The Balaban J connectivity index is 1.75. The van der Waals surface area contributed by atoms with Crippen molar-refractivity contribution in [2.24, 2.45) is 0 Å². The number of hydrogen-bond donors (Lipinski definition) is 2. The number of sulfonamides is 1. The van der Waals surface area contributed by atoms with Gasteiger partial charge >= 0.3 is 0 Å². The third-order valence-corrected chi connectivity index (χ3v) is 7.20. The number of nitrogens with one attached hydrogen (secondary N) is 2. The van der Waals surface area contributed by atoms with E-state index in [-0.39, 0.29) is 31.4 Å². The molecule has 0 aliphatic rings. The second kappa shape index (κ2) is 9.19. The van der Waals surface area contributed by atoms with Gasteiger partial charge in [-0.1, -0.05) is 47.5 Å². The average Bonchev–Trinajstić information content (AvgIpc) is 2.81. The molecule has 1 amide bonds. The van der Waals surface area contributed by atoms with Crippen molar-refractivity contribution in [3.63, 3.8) is 0 Å². The zero-order valence-electron chi connectivity index (χ0n) is 18.0. The molecule has 0 unspecified atom stereocenters. The SMILES string of the molecule is Cc1ccc(-n2nc(C(=O)NNS(=O)(=O)c3cc(Cl)ccc3Cl)c3ccccc3c2=O)cc1C. The average molecular weight is 517 g/mol. The van der Waals surface area contributed by atoms with Crippen molar-refractivity contribution in [3.05, 3.63) is 97.9 Å². The predicted octanol–water partition coefficient (Wildman–Crippen LogP) is 3.93. The number of halogens is 2. The third-order valence-electron chi connectivity index (χ3n) is 5.24. The Morgan fingerprint density at radius 3 is 2.35 bits per heavy atom.